The summed E-state index contributed by atoms with van der Waals surface area (Å²) in [5.74, 6) is -0.255. The first-order valence-electron chi connectivity index (χ1n) is 18.3. The first-order chi connectivity index (χ1) is 23.0. The number of phosphoric acid groups is 1. The van der Waals surface area contributed by atoms with Gasteiger partial charge in [-0.15, -0.1) is 0 Å². The lowest BCUT2D eigenvalue weighted by Crippen LogP contribution is -2.45. The summed E-state index contributed by atoms with van der Waals surface area (Å²) in [6.07, 6.45) is 39.5. The smallest absolute Gasteiger partial charge is 0.268 e. The average molecular weight is 693 g/mol. The number of hydrogen-bond donors (Lipinski definition) is 2. The van der Waals surface area contributed by atoms with Crippen LogP contribution in [0, 0.1) is 0 Å². The van der Waals surface area contributed by atoms with Gasteiger partial charge in [-0.1, -0.05) is 112 Å². The number of aliphatic hydroxyl groups is 1. The molecule has 2 N–H and O–H groups in total. The molecular weight excluding hydrogens is 623 g/mol. The van der Waals surface area contributed by atoms with Crippen LogP contribution in [0.15, 0.2) is 72.9 Å². The molecule has 0 aromatic carbocycles. The summed E-state index contributed by atoms with van der Waals surface area (Å²) in [7, 11) is 1.20. The van der Waals surface area contributed by atoms with Gasteiger partial charge in [0.25, 0.3) is 7.82 Å². The minimum atomic E-state index is -4.60. The molecule has 0 radical (unpaired) electrons. The number of amides is 1. The average Bonchev–Trinajstić information content (AvgIpc) is 3.02. The van der Waals surface area contributed by atoms with Crippen molar-refractivity contribution in [3.05, 3.63) is 72.9 Å². The maximum Gasteiger partial charge on any atom is 0.268 e. The molecule has 0 rings (SSSR count). The summed E-state index contributed by atoms with van der Waals surface area (Å²) in [5.41, 5.74) is 0. The number of nitrogens with zero attached hydrogens (tertiary/aromatic N) is 1. The number of unbranched alkanes of at least 4 members (excludes halogenated alkanes) is 8. The molecule has 0 saturated heterocycles. The van der Waals surface area contributed by atoms with E-state index in [4.69, 9.17) is 9.05 Å². The van der Waals surface area contributed by atoms with E-state index in [0.717, 1.165) is 57.8 Å². The van der Waals surface area contributed by atoms with E-state index in [1.807, 2.05) is 27.2 Å². The fourth-order valence-electron chi connectivity index (χ4n) is 4.45. The SMILES string of the molecule is CC/C=C\C/C=C\C/C=C\C/C=C\CCCCC(=O)NC(COP(=O)([O-])OCC[N+](C)(C)C)C(O)/C=C/CC/C=C/CCCCCCC. The molecule has 3 unspecified atom stereocenters. The van der Waals surface area contributed by atoms with Crippen molar-refractivity contribution in [3.63, 3.8) is 0 Å². The van der Waals surface area contributed by atoms with Crippen LogP contribution in [0.4, 0.5) is 0 Å². The van der Waals surface area contributed by atoms with Crippen molar-refractivity contribution >= 4 is 13.7 Å². The van der Waals surface area contributed by atoms with E-state index >= 15 is 0 Å². The van der Waals surface area contributed by atoms with Gasteiger partial charge in [0.2, 0.25) is 5.91 Å². The lowest BCUT2D eigenvalue weighted by molar-refractivity contribution is -0.870. The largest absolute Gasteiger partial charge is 0.756 e. The molecule has 9 heteroatoms. The second-order valence-corrected chi connectivity index (χ2v) is 14.6. The van der Waals surface area contributed by atoms with Crippen molar-refractivity contribution in [3.8, 4) is 0 Å². The number of rotatable bonds is 31. The molecule has 1 amide bonds. The van der Waals surface area contributed by atoms with E-state index in [2.05, 4.69) is 79.9 Å². The van der Waals surface area contributed by atoms with Gasteiger partial charge < -0.3 is 28.8 Å². The van der Waals surface area contributed by atoms with Crippen LogP contribution in [-0.4, -0.2) is 68.5 Å². The van der Waals surface area contributed by atoms with Gasteiger partial charge >= 0.3 is 0 Å². The van der Waals surface area contributed by atoms with Gasteiger partial charge in [-0.2, -0.15) is 0 Å². The third-order valence-electron chi connectivity index (χ3n) is 7.40. The van der Waals surface area contributed by atoms with Gasteiger partial charge in [0.1, 0.15) is 13.2 Å². The normalized spacial score (nSPS) is 15.6. The van der Waals surface area contributed by atoms with E-state index in [1.54, 1.807) is 6.08 Å². The topological polar surface area (TPSA) is 108 Å². The first-order valence-corrected chi connectivity index (χ1v) is 19.8. The molecule has 0 spiro atoms. The van der Waals surface area contributed by atoms with Gasteiger partial charge in [-0.05, 0) is 70.6 Å². The van der Waals surface area contributed by atoms with Crippen LogP contribution in [0.1, 0.15) is 117 Å². The second kappa shape index (κ2) is 31.0. The Hall–Kier alpha value is -2.06. The Morgan fingerprint density at radius 1 is 0.750 bits per heavy atom. The summed E-state index contributed by atoms with van der Waals surface area (Å²) < 4.78 is 23.0. The molecule has 0 saturated carbocycles. The highest BCUT2D eigenvalue weighted by molar-refractivity contribution is 7.45. The number of quaternary nitrogens is 1. The number of carbonyl (C=O) groups excluding carboxylic acids is 1. The first kappa shape index (κ1) is 45.9. The van der Waals surface area contributed by atoms with Gasteiger partial charge in [0.15, 0.2) is 0 Å². The number of nitrogens with one attached hydrogen (secondary N) is 1. The molecule has 0 aromatic rings. The molecule has 0 aliphatic carbocycles. The van der Waals surface area contributed by atoms with Crippen LogP contribution in [0.25, 0.3) is 0 Å². The molecular formula is C39H69N2O6P. The van der Waals surface area contributed by atoms with Crippen LogP contribution in [0.3, 0.4) is 0 Å². The Morgan fingerprint density at radius 2 is 1.29 bits per heavy atom. The molecule has 0 aromatic heterocycles. The zero-order valence-corrected chi connectivity index (χ0v) is 31.8. The maximum atomic E-state index is 12.7. The second-order valence-electron chi connectivity index (χ2n) is 13.2. The molecule has 0 aliphatic heterocycles. The molecule has 276 valence electrons. The highest BCUT2D eigenvalue weighted by Gasteiger charge is 2.23. The number of hydrogen-bond acceptors (Lipinski definition) is 6. The van der Waals surface area contributed by atoms with Crippen LogP contribution in [-0.2, 0) is 18.4 Å². The summed E-state index contributed by atoms with van der Waals surface area (Å²) in [6, 6.07) is -0.925. The number of phosphoric ester groups is 1. The Morgan fingerprint density at radius 3 is 1.92 bits per heavy atom. The van der Waals surface area contributed by atoms with Crippen molar-refractivity contribution in [2.45, 2.75) is 129 Å². The Kier molecular flexibility index (Phi) is 29.6. The maximum absolute atomic E-state index is 12.7. The minimum Gasteiger partial charge on any atom is -0.756 e. The van der Waals surface area contributed by atoms with Crippen molar-refractivity contribution in [2.75, 3.05) is 40.9 Å². The molecule has 48 heavy (non-hydrogen) atoms. The van der Waals surface area contributed by atoms with Crippen molar-refractivity contribution in [1.29, 1.82) is 0 Å². The van der Waals surface area contributed by atoms with Crippen LogP contribution < -0.4 is 10.2 Å². The number of carbonyl (C=O) groups is 1. The molecule has 0 bridgehead atoms. The minimum absolute atomic E-state index is 0.0186. The monoisotopic (exact) mass is 692 g/mol. The van der Waals surface area contributed by atoms with Crippen molar-refractivity contribution in [2.24, 2.45) is 0 Å². The molecule has 0 aliphatic rings. The van der Waals surface area contributed by atoms with Gasteiger partial charge in [-0.25, -0.2) is 0 Å². The molecule has 3 atom stereocenters. The van der Waals surface area contributed by atoms with E-state index in [1.165, 1.54) is 32.1 Å². The van der Waals surface area contributed by atoms with Gasteiger partial charge in [0.05, 0.1) is 39.9 Å². The van der Waals surface area contributed by atoms with E-state index < -0.39 is 26.6 Å². The van der Waals surface area contributed by atoms with Gasteiger partial charge in [-0.3, -0.25) is 9.36 Å². The lowest BCUT2D eigenvalue weighted by Gasteiger charge is -2.29. The lowest BCUT2D eigenvalue weighted by atomic mass is 10.1. The molecule has 0 fully saturated rings. The van der Waals surface area contributed by atoms with Gasteiger partial charge in [0, 0.05) is 6.42 Å². The number of allylic oxidation sites excluding steroid dienone is 11. The third kappa shape index (κ3) is 32.5. The van der Waals surface area contributed by atoms with Crippen LogP contribution >= 0.6 is 7.82 Å². The van der Waals surface area contributed by atoms with Crippen molar-refractivity contribution < 1.29 is 32.9 Å². The standard InChI is InChI=1S/C39H69N2O6P/c1-6-8-10-12-14-16-18-19-20-21-23-25-27-29-31-33-39(43)40-37(36-47-48(44,45)46-35-34-41(3,4)5)38(42)32-30-28-26-24-22-17-15-13-11-9-7-2/h8,10,14,16,19-20,22-25,30,32,37-38,42H,6-7,9,11-13,15,17-18,21,26-29,31,33-36H2,1-5H3,(H-,40,43,44,45)/b10-8-,16-14-,20-19-,24-22+,25-23-,32-30+. The summed E-state index contributed by atoms with van der Waals surface area (Å²) in [6.45, 7) is 4.40. The molecule has 8 nitrogen and oxygen atoms in total. The third-order valence-corrected chi connectivity index (χ3v) is 8.36. The quantitative estimate of drug-likeness (QED) is 0.0326. The highest BCUT2D eigenvalue weighted by atomic mass is 31.2. The fourth-order valence-corrected chi connectivity index (χ4v) is 5.17. The highest BCUT2D eigenvalue weighted by Crippen LogP contribution is 2.38. The Labute approximate surface area is 294 Å². The predicted octanol–water partition coefficient (Wildman–Crippen LogP) is 8.66. The summed E-state index contributed by atoms with van der Waals surface area (Å²) in [4.78, 5) is 25.1. The summed E-state index contributed by atoms with van der Waals surface area (Å²) >= 11 is 0. The molecule has 0 heterocycles. The van der Waals surface area contributed by atoms with Crippen LogP contribution in [0.5, 0.6) is 0 Å². The van der Waals surface area contributed by atoms with Crippen LogP contribution in [0.2, 0.25) is 0 Å². The number of aliphatic hydroxyl groups excluding tert-OH is 1. The Balaban J connectivity index is 4.70. The van der Waals surface area contributed by atoms with E-state index in [9.17, 15) is 19.4 Å². The zero-order valence-electron chi connectivity index (χ0n) is 30.9. The predicted molar refractivity (Wildman–Crippen MR) is 200 cm³/mol. The van der Waals surface area contributed by atoms with E-state index in [0.29, 0.717) is 17.4 Å². The number of likely N-dealkylation sites (N-methyl/N-ethyl adjacent to an activating group) is 1. The van der Waals surface area contributed by atoms with E-state index in [-0.39, 0.29) is 18.9 Å². The van der Waals surface area contributed by atoms with Crippen molar-refractivity contribution in [1.82, 2.24) is 5.32 Å². The fraction of sp³-hybridized carbons (Fsp3) is 0.667. The Bertz CT molecular complexity index is 1010. The zero-order chi connectivity index (χ0) is 35.8. The summed E-state index contributed by atoms with van der Waals surface area (Å²) in [5, 5.41) is 13.6.